The van der Waals surface area contributed by atoms with E-state index in [9.17, 15) is 4.79 Å². The van der Waals surface area contributed by atoms with E-state index in [1.165, 1.54) is 28.1 Å². The average molecular weight is 435 g/mol. The quantitative estimate of drug-likeness (QED) is 0.545. The topological polar surface area (TPSA) is 32.8 Å². The predicted molar refractivity (Wildman–Crippen MR) is 133 cm³/mol. The van der Waals surface area contributed by atoms with Gasteiger partial charge in [0, 0.05) is 44.0 Å². The fourth-order valence-corrected chi connectivity index (χ4v) is 5.24. The Balaban J connectivity index is 1.66. The molecule has 1 aliphatic heterocycles. The van der Waals surface area contributed by atoms with Crippen molar-refractivity contribution in [2.24, 2.45) is 5.92 Å². The van der Waals surface area contributed by atoms with E-state index in [-0.39, 0.29) is 0 Å². The van der Waals surface area contributed by atoms with Crippen molar-refractivity contribution in [1.82, 2.24) is 4.90 Å². The normalized spacial score (nSPS) is 24.7. The Bertz CT molecular complexity index is 900. The van der Waals surface area contributed by atoms with Crippen LogP contribution >= 0.6 is 0 Å². The molecule has 0 N–H and O–H groups in total. The lowest BCUT2D eigenvalue weighted by Crippen LogP contribution is -2.36. The van der Waals surface area contributed by atoms with Crippen molar-refractivity contribution < 1.29 is 9.53 Å². The minimum Gasteiger partial charge on any atom is -0.378 e. The summed E-state index contributed by atoms with van der Waals surface area (Å²) in [4.78, 5) is 17.4. The predicted octanol–water partition coefficient (Wildman–Crippen LogP) is 5.61. The molecule has 32 heavy (non-hydrogen) atoms. The van der Waals surface area contributed by atoms with Gasteiger partial charge in [0.25, 0.3) is 0 Å². The third-order valence-corrected chi connectivity index (χ3v) is 7.10. The Hall–Kier alpha value is -2.33. The van der Waals surface area contributed by atoms with Gasteiger partial charge in [0.05, 0.1) is 13.2 Å². The molecule has 1 atom stereocenters. The van der Waals surface area contributed by atoms with Crippen LogP contribution in [0.1, 0.15) is 58.4 Å². The maximum Gasteiger partial charge on any atom is 0.158 e. The van der Waals surface area contributed by atoms with E-state index in [0.29, 0.717) is 18.1 Å². The van der Waals surface area contributed by atoms with Crippen molar-refractivity contribution in [2.75, 3.05) is 44.3 Å². The second kappa shape index (κ2) is 10.5. The minimum atomic E-state index is 0.348. The van der Waals surface area contributed by atoms with E-state index >= 15 is 0 Å². The third-order valence-electron chi connectivity index (χ3n) is 7.10. The summed E-state index contributed by atoms with van der Waals surface area (Å²) in [6.45, 7) is 12.1. The van der Waals surface area contributed by atoms with Gasteiger partial charge in [-0.15, -0.1) is 0 Å². The number of anilines is 1. The zero-order valence-electron chi connectivity index (χ0n) is 20.0. The van der Waals surface area contributed by atoms with Crippen molar-refractivity contribution in [3.63, 3.8) is 0 Å². The highest BCUT2D eigenvalue weighted by Gasteiger charge is 2.27. The molecule has 2 fully saturated rings. The van der Waals surface area contributed by atoms with Crippen LogP contribution in [-0.4, -0.2) is 50.1 Å². The van der Waals surface area contributed by atoms with Crippen LogP contribution in [0.25, 0.3) is 6.08 Å². The first-order valence-electron chi connectivity index (χ1n) is 12.4. The van der Waals surface area contributed by atoms with Crippen LogP contribution in [0.3, 0.4) is 0 Å². The number of nitrogens with zero attached hydrogens (tertiary/aromatic N) is 2. The Morgan fingerprint density at radius 2 is 1.72 bits per heavy atom. The van der Waals surface area contributed by atoms with E-state index in [4.69, 9.17) is 4.74 Å². The summed E-state index contributed by atoms with van der Waals surface area (Å²) in [7, 11) is 0. The molecule has 1 saturated heterocycles. The first kappa shape index (κ1) is 22.8. The molecule has 4 heteroatoms. The molecule has 1 heterocycles. The molecule has 172 valence electrons. The minimum absolute atomic E-state index is 0.348. The molecule has 0 radical (unpaired) electrons. The highest BCUT2D eigenvalue weighted by molar-refractivity contribution is 5.96. The molecular weight excluding hydrogens is 396 g/mol. The van der Waals surface area contributed by atoms with Gasteiger partial charge >= 0.3 is 0 Å². The molecular formula is C28H38N2O2. The summed E-state index contributed by atoms with van der Waals surface area (Å²) in [5.74, 6) is 0.952. The molecule has 0 aromatic heterocycles. The van der Waals surface area contributed by atoms with Gasteiger partial charge in [0.15, 0.2) is 5.78 Å². The summed E-state index contributed by atoms with van der Waals surface area (Å²) in [5.41, 5.74) is 7.65. The summed E-state index contributed by atoms with van der Waals surface area (Å²) in [6, 6.07) is 8.94. The molecule has 4 nitrogen and oxygen atoms in total. The van der Waals surface area contributed by atoms with Crippen LogP contribution in [0.5, 0.6) is 0 Å². The molecule has 3 aliphatic rings. The van der Waals surface area contributed by atoms with Crippen LogP contribution in [0.15, 0.2) is 52.8 Å². The summed E-state index contributed by atoms with van der Waals surface area (Å²) in [6.07, 6.45) is 9.30. The number of benzene rings is 1. The van der Waals surface area contributed by atoms with Gasteiger partial charge in [-0.2, -0.15) is 0 Å². The Labute approximate surface area is 193 Å². The van der Waals surface area contributed by atoms with Gasteiger partial charge in [0.2, 0.25) is 0 Å². The van der Waals surface area contributed by atoms with E-state index in [0.717, 1.165) is 70.6 Å². The molecule has 0 amide bonds. The highest BCUT2D eigenvalue weighted by atomic mass is 16.5. The molecule has 1 aromatic carbocycles. The lowest BCUT2D eigenvalue weighted by Gasteiger charge is -2.31. The van der Waals surface area contributed by atoms with Crippen LogP contribution in [0.4, 0.5) is 5.69 Å². The number of ether oxygens (including phenoxy) is 1. The Morgan fingerprint density at radius 1 is 1.00 bits per heavy atom. The van der Waals surface area contributed by atoms with Gasteiger partial charge in [0.1, 0.15) is 0 Å². The zero-order chi connectivity index (χ0) is 22.5. The van der Waals surface area contributed by atoms with Gasteiger partial charge in [-0.25, -0.2) is 0 Å². The van der Waals surface area contributed by atoms with Crippen LogP contribution in [0.2, 0.25) is 0 Å². The average Bonchev–Trinajstić information content (AvgIpc) is 3.20. The van der Waals surface area contributed by atoms with Gasteiger partial charge < -0.3 is 14.5 Å². The van der Waals surface area contributed by atoms with E-state index in [1.807, 2.05) is 0 Å². The SMILES string of the molecule is CCN(CC)c1ccc(/C=C2\CCC(/C=C3\CC(C)CCC3=O)=C2N2CCOCC2)cc1. The van der Waals surface area contributed by atoms with E-state index in [1.54, 1.807) is 0 Å². The number of hydrogen-bond acceptors (Lipinski definition) is 4. The molecule has 1 aromatic rings. The van der Waals surface area contributed by atoms with Crippen molar-refractivity contribution in [3.05, 3.63) is 58.3 Å². The number of hydrogen-bond donors (Lipinski definition) is 0. The van der Waals surface area contributed by atoms with Crippen molar-refractivity contribution in [3.8, 4) is 0 Å². The largest absolute Gasteiger partial charge is 0.378 e. The van der Waals surface area contributed by atoms with Gasteiger partial charge in [-0.05, 0) is 85.9 Å². The molecule has 1 saturated carbocycles. The molecule has 1 unspecified atom stereocenters. The van der Waals surface area contributed by atoms with Crippen molar-refractivity contribution in [2.45, 2.75) is 52.9 Å². The lowest BCUT2D eigenvalue weighted by molar-refractivity contribution is -0.116. The summed E-state index contributed by atoms with van der Waals surface area (Å²) in [5, 5.41) is 0. The maximum absolute atomic E-state index is 12.6. The van der Waals surface area contributed by atoms with Crippen molar-refractivity contribution >= 4 is 17.5 Å². The number of allylic oxidation sites excluding steroid dienone is 4. The first-order chi connectivity index (χ1) is 15.6. The number of carbonyl (C=O) groups is 1. The fraction of sp³-hybridized carbons (Fsp3) is 0.536. The maximum atomic E-state index is 12.6. The standard InChI is InChI=1S/C28H38N2O2/c1-4-29(5-2)26-11-7-22(8-12-26)19-23-9-10-24(28(23)30-14-16-32-17-15-30)20-25-18-21(3)6-13-27(25)31/h7-8,11-12,19-21H,4-6,9-10,13-18H2,1-3H3/b23-19+,25-20+. The highest BCUT2D eigenvalue weighted by Crippen LogP contribution is 2.38. The van der Waals surface area contributed by atoms with Crippen LogP contribution < -0.4 is 4.90 Å². The van der Waals surface area contributed by atoms with Gasteiger partial charge in [-0.3, -0.25) is 4.79 Å². The number of morpholine rings is 1. The second-order valence-corrected chi connectivity index (χ2v) is 9.35. The summed E-state index contributed by atoms with van der Waals surface area (Å²) >= 11 is 0. The molecule has 0 bridgehead atoms. The number of carbonyl (C=O) groups excluding carboxylic acids is 1. The number of ketones is 1. The Morgan fingerprint density at radius 3 is 2.41 bits per heavy atom. The number of rotatable bonds is 6. The zero-order valence-corrected chi connectivity index (χ0v) is 20.0. The third kappa shape index (κ3) is 5.17. The second-order valence-electron chi connectivity index (χ2n) is 9.35. The van der Waals surface area contributed by atoms with E-state index < -0.39 is 0 Å². The Kier molecular flexibility index (Phi) is 7.51. The monoisotopic (exact) mass is 434 g/mol. The molecule has 4 rings (SSSR count). The molecule has 0 spiro atoms. The smallest absolute Gasteiger partial charge is 0.158 e. The van der Waals surface area contributed by atoms with E-state index in [2.05, 4.69) is 67.0 Å². The first-order valence-corrected chi connectivity index (χ1v) is 12.4. The van der Waals surface area contributed by atoms with Crippen LogP contribution in [-0.2, 0) is 9.53 Å². The van der Waals surface area contributed by atoms with Crippen LogP contribution in [0, 0.1) is 5.92 Å². The summed E-state index contributed by atoms with van der Waals surface area (Å²) < 4.78 is 5.63. The molecule has 2 aliphatic carbocycles. The fourth-order valence-electron chi connectivity index (χ4n) is 5.24. The number of Topliss-reactive ketones (excluding diaryl/α,β-unsaturated/α-hetero) is 1. The lowest BCUT2D eigenvalue weighted by atomic mass is 9.85. The van der Waals surface area contributed by atoms with Crippen molar-refractivity contribution in [1.29, 1.82) is 0 Å². The van der Waals surface area contributed by atoms with Gasteiger partial charge in [-0.1, -0.05) is 25.1 Å².